The van der Waals surface area contributed by atoms with Crippen LogP contribution in [0, 0.1) is 0 Å². The molecule has 0 N–H and O–H groups in total. The van der Waals surface area contributed by atoms with Crippen molar-refractivity contribution in [1.29, 1.82) is 0 Å². The molecular weight excluding hydrogens is 260 g/mol. The fraction of sp³-hybridized carbons (Fsp3) is 0.667. The van der Waals surface area contributed by atoms with E-state index in [0.717, 1.165) is 0 Å². The van der Waals surface area contributed by atoms with Crippen molar-refractivity contribution in [2.24, 2.45) is 0 Å². The molecule has 1 aromatic rings. The molecule has 1 unspecified atom stereocenters. The van der Waals surface area contributed by atoms with Crippen molar-refractivity contribution < 1.29 is 4.43 Å². The van der Waals surface area contributed by atoms with Crippen LogP contribution < -0.4 is 5.19 Å². The maximum absolute atomic E-state index is 6.39. The molecule has 2 heteroatoms. The summed E-state index contributed by atoms with van der Waals surface area (Å²) in [6.45, 7) is 9.12. The molecule has 0 aliphatic carbocycles. The van der Waals surface area contributed by atoms with E-state index in [0.29, 0.717) is 6.10 Å². The van der Waals surface area contributed by atoms with Gasteiger partial charge in [-0.2, -0.15) is 0 Å². The van der Waals surface area contributed by atoms with Crippen LogP contribution >= 0.6 is 0 Å². The summed E-state index contributed by atoms with van der Waals surface area (Å²) < 4.78 is 6.39. The highest BCUT2D eigenvalue weighted by molar-refractivity contribution is 6.84. The van der Waals surface area contributed by atoms with Crippen molar-refractivity contribution in [1.82, 2.24) is 0 Å². The Morgan fingerprint density at radius 3 is 2.20 bits per heavy atom. The van der Waals surface area contributed by atoms with E-state index in [9.17, 15) is 0 Å². The first kappa shape index (κ1) is 17.4. The van der Waals surface area contributed by atoms with E-state index in [1.54, 1.807) is 0 Å². The minimum Gasteiger partial charge on any atom is -0.410 e. The average Bonchev–Trinajstić information content (AvgIpc) is 2.43. The highest BCUT2D eigenvalue weighted by Gasteiger charge is 2.27. The van der Waals surface area contributed by atoms with Gasteiger partial charge in [0.05, 0.1) is 0 Å². The van der Waals surface area contributed by atoms with Gasteiger partial charge in [-0.15, -0.1) is 0 Å². The standard InChI is InChI=1S/C18H32OSi/c1-5-6-7-8-9-11-14-17(2)19-20(3,4)18-15-12-10-13-16-18/h10,12-13,15-17H,5-9,11,14H2,1-4H3. The van der Waals surface area contributed by atoms with Gasteiger partial charge < -0.3 is 4.43 Å². The SMILES string of the molecule is CCCCCCCCC(C)O[Si](C)(C)c1ccccc1. The second-order valence-corrected chi connectivity index (χ2v) is 10.2. The Morgan fingerprint density at radius 1 is 0.950 bits per heavy atom. The fourth-order valence-corrected chi connectivity index (χ4v) is 4.94. The van der Waals surface area contributed by atoms with Gasteiger partial charge >= 0.3 is 0 Å². The van der Waals surface area contributed by atoms with Crippen LogP contribution in [0.1, 0.15) is 58.8 Å². The lowest BCUT2D eigenvalue weighted by Gasteiger charge is -2.27. The van der Waals surface area contributed by atoms with Gasteiger partial charge in [-0.1, -0.05) is 75.8 Å². The molecule has 1 aromatic carbocycles. The molecule has 1 nitrogen and oxygen atoms in total. The Balaban J connectivity index is 2.26. The maximum atomic E-state index is 6.39. The number of rotatable bonds is 10. The summed E-state index contributed by atoms with van der Waals surface area (Å²) in [5, 5.41) is 1.40. The Hall–Kier alpha value is -0.603. The van der Waals surface area contributed by atoms with Gasteiger partial charge in [-0.25, -0.2) is 0 Å². The van der Waals surface area contributed by atoms with E-state index in [4.69, 9.17) is 4.43 Å². The van der Waals surface area contributed by atoms with Crippen LogP contribution in [-0.4, -0.2) is 14.4 Å². The molecule has 0 spiro atoms. The quantitative estimate of drug-likeness (QED) is 0.422. The molecule has 0 aliphatic rings. The van der Waals surface area contributed by atoms with Gasteiger partial charge in [0.1, 0.15) is 0 Å². The van der Waals surface area contributed by atoms with Crippen LogP contribution in [0.15, 0.2) is 30.3 Å². The second kappa shape index (κ2) is 9.35. The van der Waals surface area contributed by atoms with Gasteiger partial charge in [0.15, 0.2) is 0 Å². The third-order valence-corrected chi connectivity index (χ3v) is 6.64. The third kappa shape index (κ3) is 6.71. The summed E-state index contributed by atoms with van der Waals surface area (Å²) in [5.41, 5.74) is 0. The summed E-state index contributed by atoms with van der Waals surface area (Å²) in [4.78, 5) is 0. The summed E-state index contributed by atoms with van der Waals surface area (Å²) in [6.07, 6.45) is 9.77. The van der Waals surface area contributed by atoms with Crippen molar-refractivity contribution in [2.75, 3.05) is 0 Å². The molecule has 1 atom stereocenters. The van der Waals surface area contributed by atoms with Gasteiger partial charge in [-0.3, -0.25) is 0 Å². The van der Waals surface area contributed by atoms with E-state index in [2.05, 4.69) is 57.3 Å². The molecule has 0 saturated heterocycles. The number of hydrogen-bond donors (Lipinski definition) is 0. The lowest BCUT2D eigenvalue weighted by Crippen LogP contribution is -2.46. The normalized spacial score (nSPS) is 13.4. The molecule has 0 aliphatic heterocycles. The Bertz CT molecular complexity index is 348. The smallest absolute Gasteiger partial charge is 0.218 e. The Morgan fingerprint density at radius 2 is 1.55 bits per heavy atom. The van der Waals surface area contributed by atoms with Gasteiger partial charge in [0.2, 0.25) is 8.32 Å². The van der Waals surface area contributed by atoms with E-state index in [1.165, 1.54) is 50.1 Å². The summed E-state index contributed by atoms with van der Waals surface area (Å²) in [5.74, 6) is 0. The fourth-order valence-electron chi connectivity index (χ4n) is 2.68. The largest absolute Gasteiger partial charge is 0.410 e. The predicted octanol–water partition coefficient (Wildman–Crippen LogP) is 5.25. The van der Waals surface area contributed by atoms with Crippen molar-refractivity contribution >= 4 is 13.5 Å². The average molecular weight is 293 g/mol. The molecule has 1 rings (SSSR count). The molecule has 0 amide bonds. The Kier molecular flexibility index (Phi) is 8.16. The van der Waals surface area contributed by atoms with Crippen LogP contribution in [0.3, 0.4) is 0 Å². The maximum Gasteiger partial charge on any atom is 0.218 e. The van der Waals surface area contributed by atoms with Crippen LogP contribution in [0.5, 0.6) is 0 Å². The zero-order valence-electron chi connectivity index (χ0n) is 13.8. The van der Waals surface area contributed by atoms with E-state index in [-0.39, 0.29) is 0 Å². The molecule has 0 bridgehead atoms. The van der Waals surface area contributed by atoms with E-state index < -0.39 is 8.32 Å². The van der Waals surface area contributed by atoms with Crippen molar-refractivity contribution in [3.63, 3.8) is 0 Å². The monoisotopic (exact) mass is 292 g/mol. The zero-order chi connectivity index (χ0) is 14.8. The van der Waals surface area contributed by atoms with Gasteiger partial charge in [0.25, 0.3) is 0 Å². The molecule has 0 saturated carbocycles. The van der Waals surface area contributed by atoms with Gasteiger partial charge in [-0.05, 0) is 31.6 Å². The summed E-state index contributed by atoms with van der Waals surface area (Å²) in [7, 11) is -1.72. The molecule has 20 heavy (non-hydrogen) atoms. The Labute approximate surface area is 126 Å². The number of benzene rings is 1. The minimum absolute atomic E-state index is 0.392. The zero-order valence-corrected chi connectivity index (χ0v) is 14.8. The summed E-state index contributed by atoms with van der Waals surface area (Å²) in [6, 6.07) is 10.7. The van der Waals surface area contributed by atoms with Crippen molar-refractivity contribution in [2.45, 2.75) is 78.0 Å². The highest BCUT2D eigenvalue weighted by atomic mass is 28.4. The highest BCUT2D eigenvalue weighted by Crippen LogP contribution is 2.15. The lowest BCUT2D eigenvalue weighted by molar-refractivity contribution is 0.202. The van der Waals surface area contributed by atoms with E-state index in [1.807, 2.05) is 0 Å². The lowest BCUT2D eigenvalue weighted by atomic mass is 10.1. The predicted molar refractivity (Wildman–Crippen MR) is 92.1 cm³/mol. The third-order valence-electron chi connectivity index (χ3n) is 3.93. The summed E-state index contributed by atoms with van der Waals surface area (Å²) >= 11 is 0. The molecular formula is C18H32OSi. The van der Waals surface area contributed by atoms with Crippen molar-refractivity contribution in [3.8, 4) is 0 Å². The molecule has 0 aromatic heterocycles. The molecule has 0 heterocycles. The first-order valence-corrected chi connectivity index (χ1v) is 11.2. The second-order valence-electron chi connectivity index (χ2n) is 6.36. The van der Waals surface area contributed by atoms with Crippen LogP contribution in [0.25, 0.3) is 0 Å². The first-order valence-electron chi connectivity index (χ1n) is 8.29. The van der Waals surface area contributed by atoms with Crippen LogP contribution in [-0.2, 0) is 4.43 Å². The molecule has 0 radical (unpaired) electrons. The topological polar surface area (TPSA) is 9.23 Å². The van der Waals surface area contributed by atoms with Crippen LogP contribution in [0.4, 0.5) is 0 Å². The molecule has 0 fully saturated rings. The van der Waals surface area contributed by atoms with Crippen LogP contribution in [0.2, 0.25) is 13.1 Å². The number of hydrogen-bond acceptors (Lipinski definition) is 1. The molecule has 114 valence electrons. The first-order chi connectivity index (χ1) is 9.56. The van der Waals surface area contributed by atoms with Crippen molar-refractivity contribution in [3.05, 3.63) is 30.3 Å². The minimum atomic E-state index is -1.72. The number of unbranched alkanes of at least 4 members (excludes halogenated alkanes) is 5. The van der Waals surface area contributed by atoms with Gasteiger partial charge in [0, 0.05) is 6.10 Å². The van der Waals surface area contributed by atoms with E-state index >= 15 is 0 Å².